The van der Waals surface area contributed by atoms with Gasteiger partial charge in [0.25, 0.3) is 0 Å². The van der Waals surface area contributed by atoms with E-state index in [1.807, 2.05) is 11.3 Å². The lowest BCUT2D eigenvalue weighted by molar-refractivity contribution is 0.332. The minimum Gasteiger partial charge on any atom is -0.454 e. The van der Waals surface area contributed by atoms with E-state index in [1.54, 1.807) is 0 Å². The summed E-state index contributed by atoms with van der Waals surface area (Å²) >= 11 is 2.03. The van der Waals surface area contributed by atoms with Crippen molar-refractivity contribution < 1.29 is 4.42 Å². The van der Waals surface area contributed by atoms with Crippen LogP contribution in [0.25, 0.3) is 75.7 Å². The predicted molar refractivity (Wildman–Crippen MR) is 271 cm³/mol. The van der Waals surface area contributed by atoms with Crippen LogP contribution in [0.15, 0.2) is 120 Å². The Morgan fingerprint density at radius 2 is 1.17 bits per heavy atom. The van der Waals surface area contributed by atoms with Crippen molar-refractivity contribution in [2.24, 2.45) is 0 Å². The predicted octanol–water partition coefficient (Wildman–Crippen LogP) is 15.2. The third-order valence-electron chi connectivity index (χ3n) is 16.6. The Kier molecular flexibility index (Phi) is 6.79. The molecule has 5 heterocycles. The van der Waals surface area contributed by atoms with Gasteiger partial charge in [-0.05, 0) is 140 Å². The summed E-state index contributed by atoms with van der Waals surface area (Å²) in [5, 5.41) is 8.89. The number of fused-ring (bicyclic) bond motifs is 16. The van der Waals surface area contributed by atoms with Gasteiger partial charge in [0.05, 0.1) is 11.4 Å². The molecule has 0 amide bonds. The molecule has 0 fully saturated rings. The van der Waals surface area contributed by atoms with Crippen molar-refractivity contribution >= 4 is 110 Å². The number of thiophene rings is 1. The standard InChI is InChI=1S/C58H51BN2OS/c1-55(2)22-23-56(3,4)43-28-34(20-21-42(43)55)60-51-41-30-44-45(58(7,8)25-24-57(44,5)6)31-48(41)63-54(51)59-49-39(29-40-35-16-11-12-19-47(35)62-53(40)52(49)60)37-18-13-17-36-38-26-32-14-9-10-15-33(32)27-46(38)61(59)50(36)37/h9-21,26-31H,22-25H2,1-8H3. The van der Waals surface area contributed by atoms with Crippen LogP contribution in [0.2, 0.25) is 0 Å². The molecule has 0 spiro atoms. The van der Waals surface area contributed by atoms with Crippen molar-refractivity contribution in [3.05, 3.63) is 138 Å². The summed E-state index contributed by atoms with van der Waals surface area (Å²) in [5.41, 5.74) is 18.5. The van der Waals surface area contributed by atoms with Gasteiger partial charge in [-0.25, -0.2) is 0 Å². The molecule has 308 valence electrons. The first-order chi connectivity index (χ1) is 30.2. The second kappa shape index (κ2) is 11.7. The fraction of sp³-hybridized carbons (Fsp3) is 0.276. The SMILES string of the molecule is CC1(C)CCC(C)(C)c2cc(N3c4c(sc5cc6c(cc45)C(C)(C)CCC6(C)C)B4c5c(cc6c(oc7ccccc76)c53)-c3cccc5c6cc7ccccc7cc6n4c35)ccc21. The summed E-state index contributed by atoms with van der Waals surface area (Å²) < 4.78 is 12.8. The lowest BCUT2D eigenvalue weighted by Crippen LogP contribution is -2.55. The normalized spacial score (nSPS) is 18.7. The molecule has 4 aliphatic rings. The van der Waals surface area contributed by atoms with Gasteiger partial charge in [-0.15, -0.1) is 11.3 Å². The van der Waals surface area contributed by atoms with E-state index in [9.17, 15) is 0 Å². The number of rotatable bonds is 1. The van der Waals surface area contributed by atoms with Crippen LogP contribution in [0.4, 0.5) is 17.1 Å². The van der Waals surface area contributed by atoms with Gasteiger partial charge in [0.15, 0.2) is 5.58 Å². The second-order valence-electron chi connectivity index (χ2n) is 22.2. The zero-order chi connectivity index (χ0) is 42.7. The zero-order valence-corrected chi connectivity index (χ0v) is 38.4. The van der Waals surface area contributed by atoms with Crippen molar-refractivity contribution in [2.45, 2.75) is 103 Å². The number of furan rings is 1. The van der Waals surface area contributed by atoms with E-state index in [0.717, 1.165) is 11.2 Å². The fourth-order valence-corrected chi connectivity index (χ4v) is 14.2. The molecular formula is C58H51BN2OS. The van der Waals surface area contributed by atoms with E-state index in [2.05, 4.69) is 180 Å². The molecule has 0 N–H and O–H groups in total. The first kappa shape index (κ1) is 36.7. The Bertz CT molecular complexity index is 3720. The average molecular weight is 835 g/mol. The van der Waals surface area contributed by atoms with Crippen LogP contribution in [-0.2, 0) is 21.7 Å². The smallest absolute Gasteiger partial charge is 0.343 e. The lowest BCUT2D eigenvalue weighted by atomic mass is 9.48. The van der Waals surface area contributed by atoms with E-state index in [-0.39, 0.29) is 28.5 Å². The quantitative estimate of drug-likeness (QED) is 0.154. The summed E-state index contributed by atoms with van der Waals surface area (Å²) in [6.45, 7) is 19.6. The topological polar surface area (TPSA) is 21.3 Å². The highest BCUT2D eigenvalue weighted by molar-refractivity contribution is 7.32. The maximum atomic E-state index is 7.26. The fourth-order valence-electron chi connectivity index (χ4n) is 12.9. The van der Waals surface area contributed by atoms with Crippen LogP contribution in [0.5, 0.6) is 0 Å². The number of hydrogen-bond acceptors (Lipinski definition) is 3. The van der Waals surface area contributed by atoms with E-state index in [4.69, 9.17) is 4.42 Å². The minimum atomic E-state index is -0.0571. The summed E-state index contributed by atoms with van der Waals surface area (Å²) in [7, 11) is 0. The van der Waals surface area contributed by atoms with E-state index in [1.165, 1.54) is 140 Å². The number of para-hydroxylation sites is 2. The Labute approximate surface area is 373 Å². The number of benzene rings is 7. The Morgan fingerprint density at radius 1 is 0.524 bits per heavy atom. The van der Waals surface area contributed by atoms with Crippen LogP contribution in [0.1, 0.15) is 103 Å². The summed E-state index contributed by atoms with van der Waals surface area (Å²) in [5.74, 6) is 0. The van der Waals surface area contributed by atoms with Gasteiger partial charge in [0.2, 0.25) is 0 Å². The molecule has 14 rings (SSSR count). The Balaban J connectivity index is 1.20. The van der Waals surface area contributed by atoms with Crippen LogP contribution < -0.4 is 15.1 Å². The highest BCUT2D eigenvalue weighted by Crippen LogP contribution is 2.56. The Hall–Kier alpha value is -5.78. The maximum absolute atomic E-state index is 7.26. The first-order valence-corrected chi connectivity index (χ1v) is 24.0. The molecule has 63 heavy (non-hydrogen) atoms. The summed E-state index contributed by atoms with van der Waals surface area (Å²) in [6, 6.07) is 44.7. The van der Waals surface area contributed by atoms with Gasteiger partial charge in [0, 0.05) is 58.7 Å². The highest BCUT2D eigenvalue weighted by Gasteiger charge is 2.48. The van der Waals surface area contributed by atoms with Gasteiger partial charge in [-0.3, -0.25) is 0 Å². The molecule has 0 saturated carbocycles. The monoisotopic (exact) mass is 834 g/mol. The zero-order valence-electron chi connectivity index (χ0n) is 37.6. The molecule has 3 aromatic heterocycles. The third-order valence-corrected chi connectivity index (χ3v) is 17.8. The summed E-state index contributed by atoms with van der Waals surface area (Å²) in [6.07, 6.45) is 4.72. The molecule has 0 bridgehead atoms. The lowest BCUT2D eigenvalue weighted by Gasteiger charge is -2.43. The molecule has 0 atom stereocenters. The highest BCUT2D eigenvalue weighted by atomic mass is 32.1. The molecule has 2 aliphatic carbocycles. The van der Waals surface area contributed by atoms with Gasteiger partial charge in [0.1, 0.15) is 5.58 Å². The van der Waals surface area contributed by atoms with Gasteiger partial charge >= 0.3 is 6.85 Å². The third kappa shape index (κ3) is 4.62. The summed E-state index contributed by atoms with van der Waals surface area (Å²) in [4.78, 5) is 2.69. The molecule has 0 unspecified atom stereocenters. The largest absolute Gasteiger partial charge is 0.454 e. The van der Waals surface area contributed by atoms with E-state index >= 15 is 0 Å². The van der Waals surface area contributed by atoms with E-state index in [0.29, 0.717) is 0 Å². The second-order valence-corrected chi connectivity index (χ2v) is 23.2. The van der Waals surface area contributed by atoms with E-state index < -0.39 is 0 Å². The molecule has 3 nitrogen and oxygen atoms in total. The molecule has 2 aliphatic heterocycles. The molecule has 0 radical (unpaired) electrons. The number of anilines is 3. The molecule has 5 heteroatoms. The van der Waals surface area contributed by atoms with Gasteiger partial charge in [-0.2, -0.15) is 0 Å². The van der Waals surface area contributed by atoms with Crippen LogP contribution >= 0.6 is 11.3 Å². The van der Waals surface area contributed by atoms with Crippen LogP contribution in [-0.4, -0.2) is 11.3 Å². The van der Waals surface area contributed by atoms with Gasteiger partial charge in [-0.1, -0.05) is 122 Å². The molecule has 0 saturated heterocycles. The molecular weight excluding hydrogens is 784 g/mol. The maximum Gasteiger partial charge on any atom is 0.343 e. The number of hydrogen-bond donors (Lipinski definition) is 0. The molecule has 7 aromatic carbocycles. The number of nitrogens with zero attached hydrogens (tertiary/aromatic N) is 2. The molecule has 10 aromatic rings. The van der Waals surface area contributed by atoms with Gasteiger partial charge < -0.3 is 13.8 Å². The average Bonchev–Trinajstić information content (AvgIpc) is 3.94. The van der Waals surface area contributed by atoms with Crippen molar-refractivity contribution in [1.82, 2.24) is 4.48 Å². The van der Waals surface area contributed by atoms with Crippen LogP contribution in [0.3, 0.4) is 0 Å². The van der Waals surface area contributed by atoms with Crippen molar-refractivity contribution in [1.29, 1.82) is 0 Å². The van der Waals surface area contributed by atoms with Crippen molar-refractivity contribution in [3.63, 3.8) is 0 Å². The Morgan fingerprint density at radius 3 is 1.94 bits per heavy atom. The van der Waals surface area contributed by atoms with Crippen molar-refractivity contribution in [2.75, 3.05) is 4.90 Å². The number of aromatic nitrogens is 1. The van der Waals surface area contributed by atoms with Crippen molar-refractivity contribution in [3.8, 4) is 11.1 Å². The minimum absolute atomic E-state index is 0.0512. The first-order valence-electron chi connectivity index (χ1n) is 23.2. The van der Waals surface area contributed by atoms with Crippen LogP contribution in [0, 0.1) is 0 Å².